The lowest BCUT2D eigenvalue weighted by Gasteiger charge is -2.39. The zero-order chi connectivity index (χ0) is 26.1. The summed E-state index contributed by atoms with van der Waals surface area (Å²) in [5.74, 6) is 0.594. The number of ether oxygens (including phenoxy) is 5. The van der Waals surface area contributed by atoms with Gasteiger partial charge < -0.3 is 53.6 Å². The number of aliphatic hydroxyl groups is 4. The van der Waals surface area contributed by atoms with E-state index in [4.69, 9.17) is 28.1 Å². The first-order chi connectivity index (χ1) is 17.2. The van der Waals surface area contributed by atoms with E-state index in [1.165, 1.54) is 33.5 Å². The van der Waals surface area contributed by atoms with Crippen LogP contribution in [0.3, 0.4) is 0 Å². The Morgan fingerprint density at radius 2 is 1.56 bits per heavy atom. The molecule has 12 heteroatoms. The van der Waals surface area contributed by atoms with E-state index < -0.39 is 48.5 Å². The van der Waals surface area contributed by atoms with Gasteiger partial charge in [0, 0.05) is 23.8 Å². The number of fused-ring (bicyclic) bond motifs is 1. The number of aliphatic hydroxyl groups excluding tert-OH is 4. The number of phenolic OH excluding ortho intramolecular Hbond substituents is 1. The fourth-order valence-corrected chi connectivity index (χ4v) is 3.98. The molecule has 1 aliphatic heterocycles. The van der Waals surface area contributed by atoms with Gasteiger partial charge in [-0.2, -0.15) is 0 Å². The molecule has 4 rings (SSSR count). The molecule has 2 aromatic carbocycles. The van der Waals surface area contributed by atoms with E-state index in [-0.39, 0.29) is 22.5 Å². The fraction of sp³-hybridized carbons (Fsp3) is 0.375. The molecule has 5 N–H and O–H groups in total. The van der Waals surface area contributed by atoms with Gasteiger partial charge in [0.2, 0.25) is 12.0 Å². The van der Waals surface area contributed by atoms with Crippen LogP contribution >= 0.6 is 0 Å². The third kappa shape index (κ3) is 4.52. The summed E-state index contributed by atoms with van der Waals surface area (Å²) in [7, 11) is 4.34. The maximum absolute atomic E-state index is 12.8. The molecule has 1 saturated heterocycles. The van der Waals surface area contributed by atoms with E-state index in [1.54, 1.807) is 12.1 Å². The van der Waals surface area contributed by atoms with Crippen molar-refractivity contribution in [1.82, 2.24) is 0 Å². The molecular weight excluding hydrogens is 480 g/mol. The summed E-state index contributed by atoms with van der Waals surface area (Å²) in [5, 5.41) is 49.9. The highest BCUT2D eigenvalue weighted by Gasteiger charge is 2.44. The van der Waals surface area contributed by atoms with E-state index in [0.29, 0.717) is 22.8 Å². The van der Waals surface area contributed by atoms with Crippen molar-refractivity contribution in [2.45, 2.75) is 30.7 Å². The van der Waals surface area contributed by atoms with Crippen molar-refractivity contribution in [3.05, 3.63) is 40.6 Å². The van der Waals surface area contributed by atoms with Crippen LogP contribution in [0.2, 0.25) is 0 Å². The molecule has 0 saturated carbocycles. The molecule has 0 radical (unpaired) electrons. The van der Waals surface area contributed by atoms with E-state index in [9.17, 15) is 30.3 Å². The molecule has 1 aromatic heterocycles. The normalized spacial score (nSPS) is 23.9. The molecule has 0 unspecified atom stereocenters. The van der Waals surface area contributed by atoms with Crippen LogP contribution in [-0.4, -0.2) is 84.2 Å². The van der Waals surface area contributed by atoms with Gasteiger partial charge in [-0.25, -0.2) is 0 Å². The van der Waals surface area contributed by atoms with Gasteiger partial charge in [0.05, 0.1) is 27.9 Å². The highest BCUT2D eigenvalue weighted by Crippen LogP contribution is 2.42. The summed E-state index contributed by atoms with van der Waals surface area (Å²) < 4.78 is 32.8. The third-order valence-corrected chi connectivity index (χ3v) is 5.83. The van der Waals surface area contributed by atoms with Crippen molar-refractivity contribution in [3.8, 4) is 40.1 Å². The van der Waals surface area contributed by atoms with Gasteiger partial charge >= 0.3 is 0 Å². The van der Waals surface area contributed by atoms with Crippen LogP contribution in [0, 0.1) is 0 Å². The number of benzene rings is 2. The Kier molecular flexibility index (Phi) is 7.24. The SMILES string of the molecule is COc1cc(-c2cc(=O)c3c(O)cc(O[C@H]4O[C@H](CO)[C@@H](O)[C@H](O)[C@H]4O)cc3o2)cc(OC)c1OC. The summed E-state index contributed by atoms with van der Waals surface area (Å²) in [6, 6.07) is 6.76. The second-order valence-electron chi connectivity index (χ2n) is 8.02. The summed E-state index contributed by atoms with van der Waals surface area (Å²) in [4.78, 5) is 12.8. The van der Waals surface area contributed by atoms with E-state index in [2.05, 4.69) is 0 Å². The molecular formula is C24H26O12. The quantitative estimate of drug-likeness (QED) is 0.298. The molecule has 0 aliphatic carbocycles. The maximum atomic E-state index is 12.8. The molecule has 0 amide bonds. The minimum absolute atomic E-state index is 0.0501. The van der Waals surface area contributed by atoms with Crippen molar-refractivity contribution in [2.75, 3.05) is 27.9 Å². The Balaban J connectivity index is 1.76. The van der Waals surface area contributed by atoms with Gasteiger partial charge in [0.15, 0.2) is 16.9 Å². The zero-order valence-corrected chi connectivity index (χ0v) is 19.6. The smallest absolute Gasteiger partial charge is 0.229 e. The number of rotatable bonds is 7. The molecule has 5 atom stereocenters. The molecule has 0 spiro atoms. The van der Waals surface area contributed by atoms with Crippen LogP contribution in [0.1, 0.15) is 0 Å². The lowest BCUT2D eigenvalue weighted by molar-refractivity contribution is -0.277. The molecule has 2 heterocycles. The Labute approximate surface area is 204 Å². The summed E-state index contributed by atoms with van der Waals surface area (Å²) in [6.45, 7) is -0.638. The van der Waals surface area contributed by atoms with E-state index in [1.807, 2.05) is 0 Å². The van der Waals surface area contributed by atoms with Crippen LogP contribution in [0.25, 0.3) is 22.3 Å². The Morgan fingerprint density at radius 1 is 0.889 bits per heavy atom. The largest absolute Gasteiger partial charge is 0.507 e. The maximum Gasteiger partial charge on any atom is 0.229 e. The lowest BCUT2D eigenvalue weighted by Crippen LogP contribution is -2.60. The molecule has 3 aromatic rings. The molecule has 0 bridgehead atoms. The van der Waals surface area contributed by atoms with Crippen molar-refractivity contribution in [1.29, 1.82) is 0 Å². The molecule has 1 aliphatic rings. The standard InChI is InChI=1S/C24H26O12/c1-31-16-4-10(5-17(32-2)23(16)33-3)14-8-13(27)19-12(26)6-11(7-15(19)35-14)34-24-22(30)21(29)20(28)18(9-25)36-24/h4-8,18,20-22,24-26,28-30H,9H2,1-3H3/t18-,20-,21+,22-,24+/m1/s1. The third-order valence-electron chi connectivity index (χ3n) is 5.83. The summed E-state index contributed by atoms with van der Waals surface area (Å²) >= 11 is 0. The molecule has 12 nitrogen and oxygen atoms in total. The Bertz CT molecular complexity index is 1280. The van der Waals surface area contributed by atoms with Crippen LogP contribution in [0.15, 0.2) is 39.5 Å². The minimum Gasteiger partial charge on any atom is -0.507 e. The first-order valence-electron chi connectivity index (χ1n) is 10.8. The van der Waals surface area contributed by atoms with Gasteiger partial charge in [-0.3, -0.25) is 4.79 Å². The monoisotopic (exact) mass is 506 g/mol. The minimum atomic E-state index is -1.67. The van der Waals surface area contributed by atoms with Crippen LogP contribution < -0.4 is 24.4 Å². The number of hydrogen-bond donors (Lipinski definition) is 5. The van der Waals surface area contributed by atoms with Crippen molar-refractivity contribution in [2.24, 2.45) is 0 Å². The average molecular weight is 506 g/mol. The fourth-order valence-electron chi connectivity index (χ4n) is 3.98. The topological polar surface area (TPSA) is 178 Å². The number of phenols is 1. The van der Waals surface area contributed by atoms with Crippen molar-refractivity contribution >= 4 is 11.0 Å². The van der Waals surface area contributed by atoms with Gasteiger partial charge in [-0.15, -0.1) is 0 Å². The number of aromatic hydroxyl groups is 1. The second-order valence-corrected chi connectivity index (χ2v) is 8.02. The predicted octanol–water partition coefficient (Wildman–Crippen LogP) is 0.370. The summed E-state index contributed by atoms with van der Waals surface area (Å²) in [5.41, 5.74) is -0.175. The second kappa shape index (κ2) is 10.2. The van der Waals surface area contributed by atoms with Crippen molar-refractivity contribution in [3.63, 3.8) is 0 Å². The van der Waals surface area contributed by atoms with Gasteiger partial charge in [0.1, 0.15) is 52.6 Å². The predicted molar refractivity (Wildman–Crippen MR) is 124 cm³/mol. The highest BCUT2D eigenvalue weighted by atomic mass is 16.7. The molecule has 1 fully saturated rings. The zero-order valence-electron chi connectivity index (χ0n) is 19.6. The molecule has 36 heavy (non-hydrogen) atoms. The number of methoxy groups -OCH3 is 3. The Hall–Kier alpha value is -3.55. The van der Waals surface area contributed by atoms with Crippen LogP contribution in [0.5, 0.6) is 28.7 Å². The average Bonchev–Trinajstić information content (AvgIpc) is 2.87. The van der Waals surface area contributed by atoms with Crippen LogP contribution in [0.4, 0.5) is 0 Å². The first kappa shape index (κ1) is 25.5. The lowest BCUT2D eigenvalue weighted by atomic mass is 9.99. The Morgan fingerprint density at radius 3 is 2.14 bits per heavy atom. The van der Waals surface area contributed by atoms with E-state index >= 15 is 0 Å². The highest BCUT2D eigenvalue weighted by molar-refractivity contribution is 5.86. The first-order valence-corrected chi connectivity index (χ1v) is 10.8. The summed E-state index contributed by atoms with van der Waals surface area (Å²) in [6.07, 6.45) is -7.57. The van der Waals surface area contributed by atoms with Gasteiger partial charge in [0.25, 0.3) is 0 Å². The van der Waals surface area contributed by atoms with E-state index in [0.717, 1.165) is 6.07 Å². The number of hydrogen-bond acceptors (Lipinski definition) is 12. The van der Waals surface area contributed by atoms with Gasteiger partial charge in [-0.1, -0.05) is 0 Å². The molecule has 194 valence electrons. The van der Waals surface area contributed by atoms with Crippen molar-refractivity contribution < 1.29 is 53.6 Å². The van der Waals surface area contributed by atoms with Gasteiger partial charge in [-0.05, 0) is 12.1 Å². The van der Waals surface area contributed by atoms with Crippen LogP contribution in [-0.2, 0) is 4.74 Å².